The average Bonchev–Trinajstić information content (AvgIpc) is 4.09. The van der Waals surface area contributed by atoms with E-state index in [0.717, 1.165) is 101 Å². The van der Waals surface area contributed by atoms with Gasteiger partial charge in [0.05, 0.1) is 22.8 Å². The monoisotopic (exact) mass is 894 g/mol. The maximum absolute atomic E-state index is 5.59. The molecular weight excluding hydrogens is 846 g/mol. The van der Waals surface area contributed by atoms with E-state index >= 15 is 0 Å². The number of rotatable bonds is 6. The van der Waals surface area contributed by atoms with Gasteiger partial charge in [-0.15, -0.1) is 22.1 Å². The summed E-state index contributed by atoms with van der Waals surface area (Å²) in [5, 5.41) is 3.44. The van der Waals surface area contributed by atoms with Gasteiger partial charge in [0.15, 0.2) is 0 Å². The van der Waals surface area contributed by atoms with E-state index in [2.05, 4.69) is 182 Å². The number of nitrogens with zero attached hydrogens (tertiary/aromatic N) is 5. The van der Waals surface area contributed by atoms with Crippen molar-refractivity contribution >= 4 is 57.9 Å². The molecule has 0 atom stereocenters. The van der Waals surface area contributed by atoms with E-state index in [1.807, 2.05) is 18.2 Å². The minimum Gasteiger partial charge on any atom is -0.657 e. The zero-order valence-electron chi connectivity index (χ0n) is 38.6. The zero-order chi connectivity index (χ0) is 44.4. The Morgan fingerprint density at radius 2 is 0.738 bits per heavy atom. The number of nitrogens with one attached hydrogen (secondary N) is 1. The normalized spacial score (nSPS) is 11.8. The molecule has 0 radical (unpaired) electrons. The number of aryl methyl sites for hydroxylation is 9. The summed E-state index contributed by atoms with van der Waals surface area (Å²) in [6.45, 7) is 19.7. The van der Waals surface area contributed by atoms with Crippen LogP contribution in [-0.4, -0.2) is 15.0 Å². The third kappa shape index (κ3) is 8.00. The van der Waals surface area contributed by atoms with Crippen molar-refractivity contribution in [2.45, 2.75) is 62.3 Å². The minimum absolute atomic E-state index is 0. The van der Waals surface area contributed by atoms with Gasteiger partial charge in [0, 0.05) is 11.9 Å². The van der Waals surface area contributed by atoms with Crippen LogP contribution in [0.1, 0.15) is 72.8 Å². The van der Waals surface area contributed by atoms with Crippen LogP contribution in [0.5, 0.6) is 0 Å². The molecule has 65 heavy (non-hydrogen) atoms. The van der Waals surface area contributed by atoms with E-state index in [1.54, 1.807) is 6.20 Å². The summed E-state index contributed by atoms with van der Waals surface area (Å²) < 4.78 is 0. The standard InChI is InChI=1S/C58H50N6.Zn/c1-32-26-35(4)52(36(5)27-32)56-45-19-17-43(61-45)55(41-13-15-42(16-14-41)60-51-12-10-11-25-59-51)44-18-20-46(62-44)57(53-37(6)28-33(2)29-38(53)7)48-22-24-50(64-48)58(49-23-21-47(56)63-49)54-39(8)30-34(3)31-40(54)9;/h10-31H,1-9H3,(H,59,60);/q-2;+2. The first-order valence-electron chi connectivity index (χ1n) is 22.0. The Kier molecular flexibility index (Phi) is 11.5. The number of pyridine rings is 1. The van der Waals surface area contributed by atoms with Crippen molar-refractivity contribution in [3.63, 3.8) is 0 Å². The Balaban J connectivity index is 0.00000533. The second-order valence-corrected chi connectivity index (χ2v) is 17.6. The van der Waals surface area contributed by atoms with Crippen molar-refractivity contribution in [3.8, 4) is 44.5 Å². The molecule has 2 aliphatic heterocycles. The number of anilines is 2. The second-order valence-electron chi connectivity index (χ2n) is 17.6. The maximum Gasteiger partial charge on any atom is 2.00 e. The fraction of sp³-hybridized carbons (Fsp3) is 0.155. The molecule has 0 saturated carbocycles. The van der Waals surface area contributed by atoms with Gasteiger partial charge in [0.2, 0.25) is 0 Å². The summed E-state index contributed by atoms with van der Waals surface area (Å²) in [7, 11) is 0. The fourth-order valence-electron chi connectivity index (χ4n) is 10.2. The molecule has 0 aliphatic carbocycles. The van der Waals surface area contributed by atoms with Crippen LogP contribution in [0.3, 0.4) is 0 Å². The first-order chi connectivity index (χ1) is 30.9. The van der Waals surface area contributed by atoms with Crippen LogP contribution in [0, 0.1) is 62.3 Å². The van der Waals surface area contributed by atoms with Gasteiger partial charge in [-0.1, -0.05) is 95.6 Å². The minimum atomic E-state index is 0. The molecule has 8 bridgehead atoms. The number of fused-ring (bicyclic) bond motifs is 8. The quantitative estimate of drug-likeness (QED) is 0.168. The number of aromatic nitrogens is 5. The molecule has 4 aromatic heterocycles. The molecule has 0 saturated heterocycles. The molecule has 6 nitrogen and oxygen atoms in total. The molecule has 0 spiro atoms. The molecule has 7 heteroatoms. The van der Waals surface area contributed by atoms with Gasteiger partial charge >= 0.3 is 19.5 Å². The predicted octanol–water partition coefficient (Wildman–Crippen LogP) is 14.5. The summed E-state index contributed by atoms with van der Waals surface area (Å²) in [6, 6.07) is 36.5. The molecule has 4 aromatic carbocycles. The van der Waals surface area contributed by atoms with E-state index in [4.69, 9.17) is 19.9 Å². The molecule has 6 heterocycles. The molecule has 0 amide bonds. The number of hydrogen-bond acceptors (Lipinski definition) is 4. The fourth-order valence-corrected chi connectivity index (χ4v) is 10.2. The van der Waals surface area contributed by atoms with Crippen molar-refractivity contribution in [1.82, 2.24) is 24.9 Å². The molecular formula is C58H50N6Zn. The van der Waals surface area contributed by atoms with Crippen LogP contribution in [0.25, 0.3) is 90.9 Å². The maximum atomic E-state index is 5.59. The summed E-state index contributed by atoms with van der Waals surface area (Å²) in [5.41, 5.74) is 27.0. The molecule has 10 rings (SSSR count). The van der Waals surface area contributed by atoms with E-state index in [-0.39, 0.29) is 19.5 Å². The SMILES string of the molecule is Cc1cc(C)c(-c2c3nc(c(-c4c(C)cc(C)cc4C)c4ccc([n-]4)c(-c4c(C)cc(C)cc4C)c4nc(c(-c5ccc(Nc6ccccn6)cc5)c5ccc2[n-]5)C=C4)C=C3)c(C)c1.[Zn+2]. The Morgan fingerprint density at radius 1 is 0.385 bits per heavy atom. The molecule has 0 unspecified atom stereocenters. The number of hydrogen-bond donors (Lipinski definition) is 1. The molecule has 2 aliphatic rings. The summed E-state index contributed by atoms with van der Waals surface area (Å²) in [6.07, 6.45) is 10.4. The Hall–Kier alpha value is -6.95. The van der Waals surface area contributed by atoms with Crippen molar-refractivity contribution in [1.29, 1.82) is 0 Å². The van der Waals surface area contributed by atoms with Gasteiger partial charge in [0.25, 0.3) is 0 Å². The first-order valence-corrected chi connectivity index (χ1v) is 22.0. The van der Waals surface area contributed by atoms with Crippen molar-refractivity contribution in [2.75, 3.05) is 5.32 Å². The van der Waals surface area contributed by atoms with Crippen molar-refractivity contribution in [3.05, 3.63) is 182 Å². The van der Waals surface area contributed by atoms with Gasteiger partial charge in [-0.2, -0.15) is 0 Å². The van der Waals surface area contributed by atoms with Crippen LogP contribution in [0.15, 0.2) is 109 Å². The first kappa shape index (κ1) is 43.3. The van der Waals surface area contributed by atoms with Gasteiger partial charge in [-0.3, -0.25) is 0 Å². The van der Waals surface area contributed by atoms with E-state index in [1.165, 1.54) is 50.1 Å². The van der Waals surface area contributed by atoms with Crippen LogP contribution in [0.2, 0.25) is 0 Å². The third-order valence-corrected chi connectivity index (χ3v) is 12.5. The van der Waals surface area contributed by atoms with E-state index in [9.17, 15) is 0 Å². The van der Waals surface area contributed by atoms with Gasteiger partial charge < -0.3 is 15.3 Å². The van der Waals surface area contributed by atoms with Crippen molar-refractivity contribution in [2.24, 2.45) is 0 Å². The number of benzene rings is 4. The summed E-state index contributed by atoms with van der Waals surface area (Å²) in [5.74, 6) is 0.786. The van der Waals surface area contributed by atoms with E-state index < -0.39 is 0 Å². The second kappa shape index (κ2) is 17.2. The molecule has 1 N–H and O–H groups in total. The van der Waals surface area contributed by atoms with Gasteiger partial charge in [-0.05, 0) is 189 Å². The predicted molar refractivity (Wildman–Crippen MR) is 269 cm³/mol. The summed E-state index contributed by atoms with van der Waals surface area (Å²) >= 11 is 0. The topological polar surface area (TPSA) is 78.9 Å². The zero-order valence-corrected chi connectivity index (χ0v) is 41.6. The molecule has 314 valence electrons. The van der Waals surface area contributed by atoms with E-state index in [0.29, 0.717) is 0 Å². The van der Waals surface area contributed by atoms with Crippen LogP contribution < -0.4 is 15.3 Å². The molecule has 8 aromatic rings. The summed E-state index contributed by atoms with van der Waals surface area (Å²) in [4.78, 5) is 26.8. The van der Waals surface area contributed by atoms with Crippen LogP contribution >= 0.6 is 0 Å². The molecule has 0 fully saturated rings. The third-order valence-electron chi connectivity index (χ3n) is 12.5. The van der Waals surface area contributed by atoms with Gasteiger partial charge in [0.1, 0.15) is 5.82 Å². The Bertz CT molecular complexity index is 3310. The Morgan fingerprint density at radius 3 is 1.09 bits per heavy atom. The van der Waals surface area contributed by atoms with Crippen molar-refractivity contribution < 1.29 is 19.5 Å². The Labute approximate surface area is 394 Å². The van der Waals surface area contributed by atoms with Gasteiger partial charge in [-0.25, -0.2) is 15.0 Å². The largest absolute Gasteiger partial charge is 2.00 e. The smallest absolute Gasteiger partial charge is 0.657 e. The van der Waals surface area contributed by atoms with Crippen LogP contribution in [-0.2, 0) is 19.5 Å². The average molecular weight is 896 g/mol. The van der Waals surface area contributed by atoms with Crippen LogP contribution in [0.4, 0.5) is 11.5 Å².